The maximum atomic E-state index is 11.0. The second-order valence-electron chi connectivity index (χ2n) is 4.22. The summed E-state index contributed by atoms with van der Waals surface area (Å²) in [5, 5.41) is 9.03. The van der Waals surface area contributed by atoms with E-state index >= 15 is 0 Å². The number of halogens is 1. The van der Waals surface area contributed by atoms with Gasteiger partial charge in [0.25, 0.3) is 0 Å². The molecule has 0 unspecified atom stereocenters. The lowest BCUT2D eigenvalue weighted by molar-refractivity contribution is -0.143. The van der Waals surface area contributed by atoms with Crippen LogP contribution in [0.2, 0.25) is 0 Å². The molecule has 1 fully saturated rings. The molecule has 1 saturated carbocycles. The number of carbonyl (C=O) groups is 1. The van der Waals surface area contributed by atoms with Crippen molar-refractivity contribution in [2.75, 3.05) is 0 Å². The summed E-state index contributed by atoms with van der Waals surface area (Å²) in [7, 11) is 0. The number of hydrogen-bond donors (Lipinski definition) is 1. The minimum atomic E-state index is -0.627. The van der Waals surface area contributed by atoms with Gasteiger partial charge in [0, 0.05) is 4.47 Å². The minimum absolute atomic E-state index is 0.400. The van der Waals surface area contributed by atoms with E-state index < -0.39 is 11.4 Å². The molecular formula is C12H13BrO2. The van der Waals surface area contributed by atoms with Gasteiger partial charge < -0.3 is 5.11 Å². The van der Waals surface area contributed by atoms with Gasteiger partial charge in [0.2, 0.25) is 0 Å². The molecule has 0 amide bonds. The molecule has 0 spiro atoms. The fourth-order valence-electron chi connectivity index (χ4n) is 1.80. The molecule has 1 aromatic carbocycles. The van der Waals surface area contributed by atoms with Crippen LogP contribution in [0.1, 0.15) is 24.8 Å². The third-order valence-electron chi connectivity index (χ3n) is 3.09. The van der Waals surface area contributed by atoms with Crippen LogP contribution < -0.4 is 0 Å². The van der Waals surface area contributed by atoms with Crippen LogP contribution in [0.15, 0.2) is 28.7 Å². The number of aliphatic carboxylic acids is 1. The Hall–Kier alpha value is -0.830. The highest BCUT2D eigenvalue weighted by molar-refractivity contribution is 9.10. The smallest absolute Gasteiger partial charge is 0.309 e. The Morgan fingerprint density at radius 3 is 2.73 bits per heavy atom. The van der Waals surface area contributed by atoms with Crippen molar-refractivity contribution < 1.29 is 9.90 Å². The number of hydrogen-bond acceptors (Lipinski definition) is 1. The van der Waals surface area contributed by atoms with Gasteiger partial charge in [-0.05, 0) is 43.4 Å². The lowest BCUT2D eigenvalue weighted by Crippen LogP contribution is -2.15. The standard InChI is InChI=1S/C12H13BrO2/c13-10-3-1-2-9(8-10)4-5-12(6-7-12)11(14)15/h1-3,8H,4-7H2,(H,14,15). The van der Waals surface area contributed by atoms with E-state index in [1.165, 1.54) is 5.56 Å². The first-order chi connectivity index (χ1) is 7.12. The summed E-state index contributed by atoms with van der Waals surface area (Å²) in [6, 6.07) is 8.06. The Labute approximate surface area is 97.4 Å². The monoisotopic (exact) mass is 268 g/mol. The van der Waals surface area contributed by atoms with Crippen molar-refractivity contribution in [3.8, 4) is 0 Å². The largest absolute Gasteiger partial charge is 0.481 e. The van der Waals surface area contributed by atoms with Crippen LogP contribution in [0.5, 0.6) is 0 Å². The normalized spacial score (nSPS) is 17.4. The van der Waals surface area contributed by atoms with Crippen LogP contribution >= 0.6 is 15.9 Å². The zero-order valence-corrected chi connectivity index (χ0v) is 9.96. The molecule has 3 heteroatoms. The first-order valence-electron chi connectivity index (χ1n) is 5.10. The molecule has 0 bridgehead atoms. The molecule has 0 atom stereocenters. The zero-order valence-electron chi connectivity index (χ0n) is 8.37. The summed E-state index contributed by atoms with van der Waals surface area (Å²) in [6.07, 6.45) is 3.30. The fourth-order valence-corrected chi connectivity index (χ4v) is 2.24. The minimum Gasteiger partial charge on any atom is -0.481 e. The molecule has 0 radical (unpaired) electrons. The van der Waals surface area contributed by atoms with Crippen molar-refractivity contribution >= 4 is 21.9 Å². The van der Waals surface area contributed by atoms with Gasteiger partial charge in [-0.2, -0.15) is 0 Å². The van der Waals surface area contributed by atoms with Gasteiger partial charge in [0.05, 0.1) is 5.41 Å². The molecule has 2 nitrogen and oxygen atoms in total. The van der Waals surface area contributed by atoms with E-state index in [0.29, 0.717) is 0 Å². The van der Waals surface area contributed by atoms with Crippen molar-refractivity contribution in [1.29, 1.82) is 0 Å². The average molecular weight is 269 g/mol. The number of aryl methyl sites for hydroxylation is 1. The Balaban J connectivity index is 1.96. The van der Waals surface area contributed by atoms with E-state index in [1.807, 2.05) is 18.2 Å². The Morgan fingerprint density at radius 2 is 2.20 bits per heavy atom. The van der Waals surface area contributed by atoms with Crippen LogP contribution in [0.4, 0.5) is 0 Å². The molecule has 0 aliphatic heterocycles. The predicted octanol–water partition coefficient (Wildman–Crippen LogP) is 3.25. The highest BCUT2D eigenvalue weighted by Crippen LogP contribution is 2.49. The highest BCUT2D eigenvalue weighted by Gasteiger charge is 2.49. The number of rotatable bonds is 4. The predicted molar refractivity (Wildman–Crippen MR) is 61.8 cm³/mol. The zero-order chi connectivity index (χ0) is 10.9. The van der Waals surface area contributed by atoms with E-state index in [-0.39, 0.29) is 0 Å². The Kier molecular flexibility index (Phi) is 2.83. The van der Waals surface area contributed by atoms with Crippen LogP contribution in [-0.2, 0) is 11.2 Å². The summed E-state index contributed by atoms with van der Waals surface area (Å²) in [5.41, 5.74) is 0.805. The third-order valence-corrected chi connectivity index (χ3v) is 3.58. The molecule has 0 aromatic heterocycles. The van der Waals surface area contributed by atoms with Crippen molar-refractivity contribution in [3.05, 3.63) is 34.3 Å². The van der Waals surface area contributed by atoms with E-state index in [9.17, 15) is 4.79 Å². The average Bonchev–Trinajstić information content (AvgIpc) is 2.96. The third kappa shape index (κ3) is 2.40. The van der Waals surface area contributed by atoms with E-state index in [4.69, 9.17) is 5.11 Å². The molecule has 1 aliphatic rings. The SMILES string of the molecule is O=C(O)C1(CCc2cccc(Br)c2)CC1. The number of carboxylic acid groups (broad SMARTS) is 1. The van der Waals surface area contributed by atoms with Gasteiger partial charge in [-0.1, -0.05) is 28.1 Å². The van der Waals surface area contributed by atoms with E-state index in [1.54, 1.807) is 0 Å². The van der Waals surface area contributed by atoms with Crippen molar-refractivity contribution in [2.24, 2.45) is 5.41 Å². The van der Waals surface area contributed by atoms with E-state index in [0.717, 1.165) is 30.2 Å². The quantitative estimate of drug-likeness (QED) is 0.911. The van der Waals surface area contributed by atoms with Crippen LogP contribution in [0, 0.1) is 5.41 Å². The molecule has 80 valence electrons. The molecule has 0 saturated heterocycles. The second kappa shape index (κ2) is 3.97. The van der Waals surface area contributed by atoms with Gasteiger partial charge >= 0.3 is 5.97 Å². The summed E-state index contributed by atoms with van der Waals surface area (Å²) in [6.45, 7) is 0. The first kappa shape index (κ1) is 10.7. The topological polar surface area (TPSA) is 37.3 Å². The fraction of sp³-hybridized carbons (Fsp3) is 0.417. The molecule has 2 rings (SSSR count). The Morgan fingerprint density at radius 1 is 1.47 bits per heavy atom. The Bertz CT molecular complexity index is 383. The van der Waals surface area contributed by atoms with Crippen molar-refractivity contribution in [2.45, 2.75) is 25.7 Å². The van der Waals surface area contributed by atoms with E-state index in [2.05, 4.69) is 22.0 Å². The highest BCUT2D eigenvalue weighted by atomic mass is 79.9. The van der Waals surface area contributed by atoms with Crippen molar-refractivity contribution in [3.63, 3.8) is 0 Å². The van der Waals surface area contributed by atoms with Gasteiger partial charge in [0.1, 0.15) is 0 Å². The van der Waals surface area contributed by atoms with Crippen LogP contribution in [-0.4, -0.2) is 11.1 Å². The molecule has 1 aromatic rings. The maximum Gasteiger partial charge on any atom is 0.309 e. The summed E-state index contributed by atoms with van der Waals surface area (Å²) < 4.78 is 1.06. The molecule has 1 aliphatic carbocycles. The van der Waals surface area contributed by atoms with Gasteiger partial charge in [-0.25, -0.2) is 0 Å². The summed E-state index contributed by atoms with van der Waals surface area (Å²) in [4.78, 5) is 11.0. The maximum absolute atomic E-state index is 11.0. The molecular weight excluding hydrogens is 256 g/mol. The van der Waals surface area contributed by atoms with Crippen LogP contribution in [0.25, 0.3) is 0 Å². The lowest BCUT2D eigenvalue weighted by atomic mass is 9.97. The second-order valence-corrected chi connectivity index (χ2v) is 5.13. The molecule has 1 N–H and O–H groups in total. The summed E-state index contributed by atoms with van der Waals surface area (Å²) in [5.74, 6) is -0.627. The van der Waals surface area contributed by atoms with Gasteiger partial charge in [-0.15, -0.1) is 0 Å². The van der Waals surface area contributed by atoms with Gasteiger partial charge in [0.15, 0.2) is 0 Å². The lowest BCUT2D eigenvalue weighted by Gasteiger charge is -2.09. The molecule has 0 heterocycles. The number of carboxylic acids is 1. The van der Waals surface area contributed by atoms with Crippen molar-refractivity contribution in [1.82, 2.24) is 0 Å². The first-order valence-corrected chi connectivity index (χ1v) is 5.90. The van der Waals surface area contributed by atoms with Crippen LogP contribution in [0.3, 0.4) is 0 Å². The van der Waals surface area contributed by atoms with Gasteiger partial charge in [-0.3, -0.25) is 4.79 Å². The number of benzene rings is 1. The molecule has 15 heavy (non-hydrogen) atoms. The summed E-state index contributed by atoms with van der Waals surface area (Å²) >= 11 is 3.41.